The van der Waals surface area contributed by atoms with Crippen LogP contribution in [0.1, 0.15) is 29.7 Å². The lowest BCUT2D eigenvalue weighted by Crippen LogP contribution is -2.36. The third kappa shape index (κ3) is 3.12. The zero-order valence-corrected chi connectivity index (χ0v) is 14.7. The molecule has 0 aliphatic carbocycles. The summed E-state index contributed by atoms with van der Waals surface area (Å²) < 4.78 is 5.71. The van der Waals surface area contributed by atoms with Gasteiger partial charge in [0.2, 0.25) is 0 Å². The molecule has 0 bridgehead atoms. The predicted octanol–water partition coefficient (Wildman–Crippen LogP) is 3.81. The average Bonchev–Trinajstić information content (AvgIpc) is 2.45. The number of benzene rings is 1. The molecule has 1 aliphatic rings. The summed E-state index contributed by atoms with van der Waals surface area (Å²) in [5.41, 5.74) is 3.84. The Morgan fingerprint density at radius 3 is 2.55 bits per heavy atom. The number of rotatable bonds is 4. The van der Waals surface area contributed by atoms with Gasteiger partial charge in [0.25, 0.3) is 0 Å². The average molecular weight is 312 g/mol. The highest BCUT2D eigenvalue weighted by Crippen LogP contribution is 2.42. The van der Waals surface area contributed by atoms with Gasteiger partial charge in [-0.3, -0.25) is 0 Å². The third-order valence-electron chi connectivity index (χ3n) is 4.12. The summed E-state index contributed by atoms with van der Waals surface area (Å²) in [5.74, 6) is 3.56. The number of hydrogen-bond acceptors (Lipinski definition) is 4. The number of thioether (sulfide) groups is 2. The molecule has 2 nitrogen and oxygen atoms in total. The first-order chi connectivity index (χ1) is 9.60. The number of ether oxygens (including phenoxy) is 1. The van der Waals surface area contributed by atoms with Crippen LogP contribution in [0.25, 0.3) is 0 Å². The number of aryl methyl sites for hydroxylation is 1. The fourth-order valence-electron chi connectivity index (χ4n) is 2.84. The van der Waals surface area contributed by atoms with Crippen molar-refractivity contribution in [3.05, 3.63) is 28.8 Å². The topological polar surface area (TPSA) is 21.3 Å². The lowest BCUT2D eigenvalue weighted by molar-refractivity contribution is 0.396. The van der Waals surface area contributed by atoms with E-state index in [2.05, 4.69) is 68.8 Å². The number of methoxy groups -OCH3 is 1. The molecule has 2 rings (SSSR count). The molecule has 3 atom stereocenters. The van der Waals surface area contributed by atoms with Crippen molar-refractivity contribution in [2.45, 2.75) is 37.3 Å². The van der Waals surface area contributed by atoms with Gasteiger partial charge in [-0.2, -0.15) is 23.5 Å². The minimum atomic E-state index is 0.344. The molecule has 1 fully saturated rings. The Morgan fingerprint density at radius 2 is 1.95 bits per heavy atom. The van der Waals surface area contributed by atoms with Gasteiger partial charge in [-0.1, -0.05) is 19.1 Å². The SMILES string of the molecule is CNC(c1ccc(C)c(C)c1OC)C1SCCSC1C. The van der Waals surface area contributed by atoms with E-state index in [1.807, 2.05) is 0 Å². The van der Waals surface area contributed by atoms with E-state index in [1.165, 1.54) is 28.2 Å². The minimum Gasteiger partial charge on any atom is -0.496 e. The van der Waals surface area contributed by atoms with Crippen molar-refractivity contribution in [2.75, 3.05) is 25.7 Å². The Labute approximate surface area is 131 Å². The van der Waals surface area contributed by atoms with Crippen LogP contribution < -0.4 is 10.1 Å². The highest BCUT2D eigenvalue weighted by atomic mass is 32.2. The molecule has 1 saturated heterocycles. The van der Waals surface area contributed by atoms with Gasteiger partial charge in [-0.15, -0.1) is 0 Å². The first-order valence-electron chi connectivity index (χ1n) is 7.14. The lowest BCUT2D eigenvalue weighted by Gasteiger charge is -2.35. The first kappa shape index (κ1) is 16.1. The molecule has 1 aliphatic heterocycles. The maximum Gasteiger partial charge on any atom is 0.126 e. The molecule has 1 heterocycles. The molecule has 0 aromatic heterocycles. The quantitative estimate of drug-likeness (QED) is 0.912. The van der Waals surface area contributed by atoms with E-state index in [1.54, 1.807) is 7.11 Å². The second kappa shape index (κ2) is 7.10. The zero-order valence-electron chi connectivity index (χ0n) is 13.0. The van der Waals surface area contributed by atoms with Gasteiger partial charge in [-0.05, 0) is 32.0 Å². The maximum atomic E-state index is 5.71. The van der Waals surface area contributed by atoms with Crippen molar-refractivity contribution < 1.29 is 4.74 Å². The Morgan fingerprint density at radius 1 is 1.25 bits per heavy atom. The van der Waals surface area contributed by atoms with Crippen molar-refractivity contribution >= 4 is 23.5 Å². The summed E-state index contributed by atoms with van der Waals surface area (Å²) in [4.78, 5) is 0. The molecule has 1 aromatic rings. The molecule has 112 valence electrons. The first-order valence-corrected chi connectivity index (χ1v) is 9.24. The van der Waals surface area contributed by atoms with Gasteiger partial charge in [-0.25, -0.2) is 0 Å². The summed E-state index contributed by atoms with van der Waals surface area (Å²) in [6, 6.07) is 4.79. The fraction of sp³-hybridized carbons (Fsp3) is 0.625. The smallest absolute Gasteiger partial charge is 0.126 e. The van der Waals surface area contributed by atoms with Crippen molar-refractivity contribution in [1.29, 1.82) is 0 Å². The summed E-state index contributed by atoms with van der Waals surface area (Å²) in [7, 11) is 3.84. The van der Waals surface area contributed by atoms with Crippen LogP contribution in [-0.2, 0) is 0 Å². The van der Waals surface area contributed by atoms with Crippen LogP contribution in [-0.4, -0.2) is 36.2 Å². The highest BCUT2D eigenvalue weighted by Gasteiger charge is 2.32. The standard InChI is InChI=1S/C16H25NOS2/c1-10-6-7-13(15(18-5)11(10)2)14(17-4)16-12(3)19-8-9-20-16/h6-7,12,14,16-17H,8-9H2,1-5H3. The van der Waals surface area contributed by atoms with E-state index < -0.39 is 0 Å². The Bertz CT molecular complexity index is 464. The molecule has 0 spiro atoms. The Hall–Kier alpha value is -0.320. The van der Waals surface area contributed by atoms with Crippen LogP contribution in [0.15, 0.2) is 12.1 Å². The summed E-state index contributed by atoms with van der Waals surface area (Å²) in [6.45, 7) is 6.64. The Kier molecular flexibility index (Phi) is 5.70. The molecule has 1 aromatic carbocycles. The molecule has 4 heteroatoms. The van der Waals surface area contributed by atoms with Gasteiger partial charge in [0.1, 0.15) is 5.75 Å². The molecule has 3 unspecified atom stereocenters. The van der Waals surface area contributed by atoms with Gasteiger partial charge < -0.3 is 10.1 Å². The van der Waals surface area contributed by atoms with Gasteiger partial charge in [0.15, 0.2) is 0 Å². The van der Waals surface area contributed by atoms with Crippen molar-refractivity contribution in [2.24, 2.45) is 0 Å². The van der Waals surface area contributed by atoms with Crippen LogP contribution in [0, 0.1) is 13.8 Å². The molecule has 0 amide bonds. The van der Waals surface area contributed by atoms with Crippen molar-refractivity contribution in [3.8, 4) is 5.75 Å². The highest BCUT2D eigenvalue weighted by molar-refractivity contribution is 8.07. The van der Waals surface area contributed by atoms with E-state index in [0.29, 0.717) is 16.5 Å². The molecule has 20 heavy (non-hydrogen) atoms. The van der Waals surface area contributed by atoms with E-state index in [9.17, 15) is 0 Å². The molecule has 0 saturated carbocycles. The molecular weight excluding hydrogens is 286 g/mol. The van der Waals surface area contributed by atoms with Gasteiger partial charge in [0, 0.05) is 33.6 Å². The zero-order chi connectivity index (χ0) is 14.7. The number of nitrogens with one attached hydrogen (secondary N) is 1. The van der Waals surface area contributed by atoms with Crippen LogP contribution in [0.2, 0.25) is 0 Å². The van der Waals surface area contributed by atoms with Crippen LogP contribution in [0.5, 0.6) is 5.75 Å². The summed E-state index contributed by atoms with van der Waals surface area (Å²) in [5, 5.41) is 4.78. The van der Waals surface area contributed by atoms with Crippen LogP contribution in [0.3, 0.4) is 0 Å². The molecule has 0 radical (unpaired) electrons. The second-order valence-electron chi connectivity index (χ2n) is 5.31. The summed E-state index contributed by atoms with van der Waals surface area (Å²) >= 11 is 4.17. The monoisotopic (exact) mass is 311 g/mol. The van der Waals surface area contributed by atoms with Crippen LogP contribution in [0.4, 0.5) is 0 Å². The fourth-order valence-corrected chi connectivity index (χ4v) is 5.82. The molecule has 1 N–H and O–H groups in total. The molecular formula is C16H25NOS2. The van der Waals surface area contributed by atoms with Crippen LogP contribution >= 0.6 is 23.5 Å². The van der Waals surface area contributed by atoms with Gasteiger partial charge in [0.05, 0.1) is 7.11 Å². The van der Waals surface area contributed by atoms with E-state index in [-0.39, 0.29) is 0 Å². The predicted molar refractivity (Wildman–Crippen MR) is 92.4 cm³/mol. The van der Waals surface area contributed by atoms with E-state index >= 15 is 0 Å². The van der Waals surface area contributed by atoms with Crippen molar-refractivity contribution in [3.63, 3.8) is 0 Å². The van der Waals surface area contributed by atoms with Crippen molar-refractivity contribution in [1.82, 2.24) is 5.32 Å². The Balaban J connectivity index is 2.38. The number of hydrogen-bond donors (Lipinski definition) is 1. The normalized spacial score (nSPS) is 24.4. The minimum absolute atomic E-state index is 0.344. The largest absolute Gasteiger partial charge is 0.496 e. The third-order valence-corrected chi connectivity index (χ3v) is 7.32. The van der Waals surface area contributed by atoms with Gasteiger partial charge >= 0.3 is 0 Å². The maximum absolute atomic E-state index is 5.71. The van der Waals surface area contributed by atoms with E-state index in [4.69, 9.17) is 4.74 Å². The second-order valence-corrected chi connectivity index (χ2v) is 8.08. The summed E-state index contributed by atoms with van der Waals surface area (Å²) in [6.07, 6.45) is 0. The lowest BCUT2D eigenvalue weighted by atomic mass is 9.96. The van der Waals surface area contributed by atoms with E-state index in [0.717, 1.165) is 5.75 Å².